The van der Waals surface area contributed by atoms with Gasteiger partial charge in [0.2, 0.25) is 0 Å². The molecule has 1 rings (SSSR count). The number of aromatic nitrogens is 1. The molecule has 0 aromatic carbocycles. The van der Waals surface area contributed by atoms with E-state index >= 15 is 0 Å². The minimum absolute atomic E-state index is 0.119. The predicted octanol–water partition coefficient (Wildman–Crippen LogP) is 0.661. The summed E-state index contributed by atoms with van der Waals surface area (Å²) in [4.78, 5) is 3.86. The lowest BCUT2D eigenvalue weighted by atomic mass is 10.4. The molecule has 0 amide bonds. The van der Waals surface area contributed by atoms with Crippen molar-refractivity contribution in [2.75, 3.05) is 17.5 Å². The molecule has 0 aliphatic carbocycles. The number of hydrogen-bond acceptors (Lipinski definition) is 4. The average Bonchev–Trinajstić information content (AvgIpc) is 2.20. The molecule has 0 saturated heterocycles. The van der Waals surface area contributed by atoms with Crippen LogP contribution in [0.4, 0.5) is 11.5 Å². The molecular formula is C9H16N4O2S. The van der Waals surface area contributed by atoms with E-state index in [1.54, 1.807) is 19.9 Å². The quantitative estimate of drug-likeness (QED) is 0.814. The first kappa shape index (κ1) is 12.7. The van der Waals surface area contributed by atoms with Crippen LogP contribution in [0.5, 0.6) is 0 Å². The van der Waals surface area contributed by atoms with Crippen LogP contribution in [0.2, 0.25) is 0 Å². The van der Waals surface area contributed by atoms with Crippen LogP contribution < -0.4 is 10.5 Å². The zero-order valence-electron chi connectivity index (χ0n) is 9.51. The van der Waals surface area contributed by atoms with Gasteiger partial charge >= 0.3 is 10.2 Å². The van der Waals surface area contributed by atoms with Crippen molar-refractivity contribution in [3.05, 3.63) is 18.3 Å². The van der Waals surface area contributed by atoms with Gasteiger partial charge < -0.3 is 5.73 Å². The van der Waals surface area contributed by atoms with Gasteiger partial charge in [-0.05, 0) is 26.0 Å². The molecule has 0 saturated carbocycles. The van der Waals surface area contributed by atoms with Gasteiger partial charge in [0.1, 0.15) is 5.82 Å². The van der Waals surface area contributed by atoms with Crippen molar-refractivity contribution in [3.8, 4) is 0 Å². The summed E-state index contributed by atoms with van der Waals surface area (Å²) in [6.07, 6.45) is 1.40. The molecule has 0 radical (unpaired) electrons. The van der Waals surface area contributed by atoms with E-state index in [4.69, 9.17) is 5.73 Å². The number of nitrogens with two attached hydrogens (primary N) is 1. The van der Waals surface area contributed by atoms with Crippen molar-refractivity contribution >= 4 is 21.7 Å². The topological polar surface area (TPSA) is 88.3 Å². The first-order valence-electron chi connectivity index (χ1n) is 4.80. The second-order valence-electron chi connectivity index (χ2n) is 3.69. The Balaban J connectivity index is 2.85. The normalized spacial score (nSPS) is 12.1. The second-order valence-corrected chi connectivity index (χ2v) is 5.42. The SMILES string of the molecule is CC(C)N(C)S(=O)(=O)Nc1ccc(N)cn1. The predicted molar refractivity (Wildman–Crippen MR) is 64.1 cm³/mol. The molecule has 0 spiro atoms. The van der Waals surface area contributed by atoms with Crippen LogP contribution in [0.3, 0.4) is 0 Å². The Hall–Kier alpha value is -1.34. The van der Waals surface area contributed by atoms with Gasteiger partial charge in [-0.15, -0.1) is 0 Å². The van der Waals surface area contributed by atoms with Crippen LogP contribution in [0.15, 0.2) is 18.3 Å². The van der Waals surface area contributed by atoms with Gasteiger partial charge in [0.05, 0.1) is 11.9 Å². The fourth-order valence-electron chi connectivity index (χ4n) is 0.947. The van der Waals surface area contributed by atoms with Gasteiger partial charge in [-0.3, -0.25) is 4.72 Å². The van der Waals surface area contributed by atoms with Gasteiger partial charge in [0.15, 0.2) is 0 Å². The Kier molecular flexibility index (Phi) is 3.71. The van der Waals surface area contributed by atoms with Crippen molar-refractivity contribution in [2.45, 2.75) is 19.9 Å². The minimum atomic E-state index is -3.55. The number of nitrogen functional groups attached to an aromatic ring is 1. The average molecular weight is 244 g/mol. The van der Waals surface area contributed by atoms with E-state index in [-0.39, 0.29) is 11.9 Å². The highest BCUT2D eigenvalue weighted by Gasteiger charge is 2.20. The Morgan fingerprint density at radius 2 is 2.06 bits per heavy atom. The molecule has 0 unspecified atom stereocenters. The molecule has 0 atom stereocenters. The summed E-state index contributed by atoms with van der Waals surface area (Å²) >= 11 is 0. The lowest BCUT2D eigenvalue weighted by molar-refractivity contribution is 0.414. The molecule has 0 aliphatic heterocycles. The van der Waals surface area contributed by atoms with Crippen LogP contribution in [-0.2, 0) is 10.2 Å². The highest BCUT2D eigenvalue weighted by atomic mass is 32.2. The van der Waals surface area contributed by atoms with Crippen molar-refractivity contribution in [1.82, 2.24) is 9.29 Å². The van der Waals surface area contributed by atoms with E-state index in [0.717, 1.165) is 0 Å². The Labute approximate surface area is 95.7 Å². The third-order valence-corrected chi connectivity index (χ3v) is 3.77. The Morgan fingerprint density at radius 1 is 1.44 bits per heavy atom. The van der Waals surface area contributed by atoms with E-state index in [9.17, 15) is 8.42 Å². The minimum Gasteiger partial charge on any atom is -0.397 e. The summed E-state index contributed by atoms with van der Waals surface area (Å²) in [6.45, 7) is 3.57. The van der Waals surface area contributed by atoms with Crippen molar-refractivity contribution in [3.63, 3.8) is 0 Å². The van der Waals surface area contributed by atoms with E-state index in [2.05, 4.69) is 9.71 Å². The summed E-state index contributed by atoms with van der Waals surface area (Å²) in [5.41, 5.74) is 5.93. The molecule has 1 aromatic rings. The van der Waals surface area contributed by atoms with E-state index < -0.39 is 10.2 Å². The van der Waals surface area contributed by atoms with Crippen LogP contribution in [0, 0.1) is 0 Å². The fourth-order valence-corrected chi connectivity index (χ4v) is 2.03. The summed E-state index contributed by atoms with van der Waals surface area (Å²) in [6, 6.07) is 2.98. The number of hydrogen-bond donors (Lipinski definition) is 2. The Morgan fingerprint density at radius 3 is 2.50 bits per heavy atom. The van der Waals surface area contributed by atoms with Crippen molar-refractivity contribution in [1.29, 1.82) is 0 Å². The van der Waals surface area contributed by atoms with E-state index in [1.807, 2.05) is 0 Å². The second kappa shape index (κ2) is 4.67. The van der Waals surface area contributed by atoms with Gasteiger partial charge in [-0.1, -0.05) is 0 Å². The number of rotatable bonds is 4. The molecule has 0 fully saturated rings. The molecule has 0 aliphatic rings. The van der Waals surface area contributed by atoms with Crippen LogP contribution in [0.25, 0.3) is 0 Å². The molecule has 6 nitrogen and oxygen atoms in total. The fraction of sp³-hybridized carbons (Fsp3) is 0.444. The molecule has 16 heavy (non-hydrogen) atoms. The number of pyridine rings is 1. The molecule has 7 heteroatoms. The molecule has 3 N–H and O–H groups in total. The van der Waals surface area contributed by atoms with Crippen LogP contribution in [0.1, 0.15) is 13.8 Å². The maximum atomic E-state index is 11.8. The largest absolute Gasteiger partial charge is 0.397 e. The maximum absolute atomic E-state index is 11.8. The zero-order valence-corrected chi connectivity index (χ0v) is 10.3. The van der Waals surface area contributed by atoms with Gasteiger partial charge in [-0.25, -0.2) is 4.98 Å². The Bertz CT molecular complexity index is 441. The molecule has 1 aromatic heterocycles. The summed E-state index contributed by atoms with van der Waals surface area (Å²) < 4.78 is 27.1. The van der Waals surface area contributed by atoms with Crippen molar-refractivity contribution in [2.24, 2.45) is 0 Å². The molecular weight excluding hydrogens is 228 g/mol. The monoisotopic (exact) mass is 244 g/mol. The van der Waals surface area contributed by atoms with Gasteiger partial charge in [0.25, 0.3) is 0 Å². The molecule has 0 bridgehead atoms. The number of nitrogens with zero attached hydrogens (tertiary/aromatic N) is 2. The number of nitrogens with one attached hydrogen (secondary N) is 1. The lowest BCUT2D eigenvalue weighted by Gasteiger charge is -2.21. The van der Waals surface area contributed by atoms with Gasteiger partial charge in [-0.2, -0.15) is 12.7 Å². The highest BCUT2D eigenvalue weighted by Crippen LogP contribution is 2.11. The first-order valence-corrected chi connectivity index (χ1v) is 6.24. The molecule has 1 heterocycles. The third kappa shape index (κ3) is 3.07. The van der Waals surface area contributed by atoms with Crippen LogP contribution in [-0.4, -0.2) is 30.8 Å². The van der Waals surface area contributed by atoms with Crippen LogP contribution >= 0.6 is 0 Å². The summed E-state index contributed by atoms with van der Waals surface area (Å²) in [5, 5.41) is 0. The first-order chi connectivity index (χ1) is 7.33. The standard InChI is InChI=1S/C9H16N4O2S/c1-7(2)13(3)16(14,15)12-9-5-4-8(10)6-11-9/h4-7H,10H2,1-3H3,(H,11,12). The zero-order chi connectivity index (χ0) is 12.3. The summed E-state index contributed by atoms with van der Waals surface area (Å²) in [5.74, 6) is 0.252. The maximum Gasteiger partial charge on any atom is 0.302 e. The smallest absolute Gasteiger partial charge is 0.302 e. The lowest BCUT2D eigenvalue weighted by Crippen LogP contribution is -2.37. The van der Waals surface area contributed by atoms with Crippen molar-refractivity contribution < 1.29 is 8.42 Å². The molecule has 90 valence electrons. The highest BCUT2D eigenvalue weighted by molar-refractivity contribution is 7.90. The number of anilines is 2. The van der Waals surface area contributed by atoms with E-state index in [0.29, 0.717) is 5.69 Å². The third-order valence-electron chi connectivity index (χ3n) is 2.13. The van der Waals surface area contributed by atoms with Gasteiger partial charge in [0, 0.05) is 13.1 Å². The van der Waals surface area contributed by atoms with E-state index in [1.165, 1.54) is 23.6 Å². The summed E-state index contributed by atoms with van der Waals surface area (Å²) in [7, 11) is -2.04.